The summed E-state index contributed by atoms with van der Waals surface area (Å²) in [5, 5.41) is 21.4. The van der Waals surface area contributed by atoms with Gasteiger partial charge in [0.15, 0.2) is 5.60 Å². The number of carbonyl (C=O) groups is 3. The van der Waals surface area contributed by atoms with E-state index in [1.54, 1.807) is 18.3 Å². The summed E-state index contributed by atoms with van der Waals surface area (Å²) < 4.78 is 6.64. The first-order valence-corrected chi connectivity index (χ1v) is 20.5. The van der Waals surface area contributed by atoms with E-state index in [1.807, 2.05) is 30.1 Å². The Morgan fingerprint density at radius 2 is 1.60 bits per heavy atom. The largest absolute Gasteiger partial charge is 0.507 e. The normalized spacial score (nSPS) is 22.7. The van der Waals surface area contributed by atoms with Gasteiger partial charge in [-0.1, -0.05) is 24.3 Å². The predicted octanol–water partition coefficient (Wildman–Crippen LogP) is 5.12. The number of para-hydroxylation sites is 1. The number of imide groups is 1. The molecule has 0 radical (unpaired) electrons. The van der Waals surface area contributed by atoms with Crippen molar-refractivity contribution in [2.24, 2.45) is 5.92 Å². The molecule has 55 heavy (non-hydrogen) atoms. The number of hydrogen-bond acceptors (Lipinski definition) is 10. The Balaban J connectivity index is 0.788. The van der Waals surface area contributed by atoms with Gasteiger partial charge in [0, 0.05) is 82.9 Å². The van der Waals surface area contributed by atoms with Gasteiger partial charge < -0.3 is 29.4 Å². The van der Waals surface area contributed by atoms with Gasteiger partial charge in [-0.2, -0.15) is 10.2 Å². The number of phenolic OH excluding ortho intramolecular Hbond substituents is 1. The first kappa shape index (κ1) is 37.4. The number of carbonyl (C=O) groups excluding carboxylic acids is 3. The summed E-state index contributed by atoms with van der Waals surface area (Å²) in [6.45, 7) is 6.59. The number of amides is 3. The standard InChI is InChI=1S/C43H55N7O5/c1-47(42(54)43(55-35-10-11-35)19-26-50(27-20-43)34-28-38(46-44-29-34)37-4-2-3-5-39(37)51)32-17-22-48(23-18-32)21-14-30-15-24-49(25-16-30)33-8-6-31(7-9-33)36-12-13-40(52)45-41(36)53/h2-9,28-30,32,35-36,51H,10-27H2,1H3,(H,45,52,53)/t36-/m1/s1. The third-order valence-corrected chi connectivity index (χ3v) is 12.9. The second-order valence-electron chi connectivity index (χ2n) is 16.4. The Morgan fingerprint density at radius 3 is 2.29 bits per heavy atom. The summed E-state index contributed by atoms with van der Waals surface area (Å²) in [5.41, 5.74) is 3.60. The number of nitrogens with zero attached hydrogens (tertiary/aromatic N) is 6. The second kappa shape index (κ2) is 16.3. The van der Waals surface area contributed by atoms with Gasteiger partial charge >= 0.3 is 0 Å². The summed E-state index contributed by atoms with van der Waals surface area (Å²) in [5.74, 6) is 0.426. The van der Waals surface area contributed by atoms with E-state index >= 15 is 0 Å². The number of aromatic hydroxyl groups is 1. The van der Waals surface area contributed by atoms with Crippen LogP contribution in [0.15, 0.2) is 60.8 Å². The number of anilines is 2. The van der Waals surface area contributed by atoms with Gasteiger partial charge in [-0.05, 0) is 99.7 Å². The molecule has 0 unspecified atom stereocenters. The molecule has 5 heterocycles. The van der Waals surface area contributed by atoms with Crippen LogP contribution < -0.4 is 15.1 Å². The molecule has 1 atom stereocenters. The molecule has 12 heteroatoms. The highest BCUT2D eigenvalue weighted by Gasteiger charge is 2.48. The van der Waals surface area contributed by atoms with Crippen LogP contribution in [-0.2, 0) is 19.1 Å². The van der Waals surface area contributed by atoms with Crippen molar-refractivity contribution in [2.75, 3.05) is 62.7 Å². The number of phenols is 1. The van der Waals surface area contributed by atoms with Crippen molar-refractivity contribution < 1.29 is 24.2 Å². The quantitative estimate of drug-likeness (QED) is 0.255. The molecule has 292 valence electrons. The summed E-state index contributed by atoms with van der Waals surface area (Å²) >= 11 is 0. The molecule has 12 nitrogen and oxygen atoms in total. The zero-order valence-corrected chi connectivity index (χ0v) is 32.1. The van der Waals surface area contributed by atoms with Crippen molar-refractivity contribution in [3.05, 3.63) is 66.4 Å². The number of nitrogens with one attached hydrogen (secondary N) is 1. The van der Waals surface area contributed by atoms with Crippen molar-refractivity contribution in [2.45, 2.75) is 94.3 Å². The van der Waals surface area contributed by atoms with E-state index in [9.17, 15) is 19.5 Å². The van der Waals surface area contributed by atoms with Crippen molar-refractivity contribution in [1.29, 1.82) is 0 Å². The van der Waals surface area contributed by atoms with Crippen LogP contribution in [0.2, 0.25) is 0 Å². The predicted molar refractivity (Wildman–Crippen MR) is 211 cm³/mol. The highest BCUT2D eigenvalue weighted by Crippen LogP contribution is 2.39. The lowest BCUT2D eigenvalue weighted by atomic mass is 9.88. The fraction of sp³-hybridized carbons (Fsp3) is 0.558. The molecule has 0 bridgehead atoms. The van der Waals surface area contributed by atoms with Gasteiger partial charge in [-0.3, -0.25) is 19.7 Å². The number of ether oxygens (including phenoxy) is 1. The molecule has 4 aliphatic heterocycles. The van der Waals surface area contributed by atoms with Gasteiger partial charge in [0.2, 0.25) is 11.8 Å². The Morgan fingerprint density at radius 1 is 0.891 bits per heavy atom. The van der Waals surface area contributed by atoms with E-state index in [-0.39, 0.29) is 41.5 Å². The monoisotopic (exact) mass is 749 g/mol. The van der Waals surface area contributed by atoms with Crippen LogP contribution in [0.3, 0.4) is 0 Å². The zero-order chi connectivity index (χ0) is 37.9. The fourth-order valence-corrected chi connectivity index (χ4v) is 9.16. The van der Waals surface area contributed by atoms with E-state index in [4.69, 9.17) is 4.74 Å². The van der Waals surface area contributed by atoms with Crippen molar-refractivity contribution >= 4 is 29.1 Å². The van der Waals surface area contributed by atoms with Crippen molar-refractivity contribution in [1.82, 2.24) is 25.3 Å². The highest BCUT2D eigenvalue weighted by atomic mass is 16.5. The molecule has 4 saturated heterocycles. The number of likely N-dealkylation sites (tertiary alicyclic amines) is 1. The lowest BCUT2D eigenvalue weighted by Gasteiger charge is -2.45. The number of hydrogen-bond donors (Lipinski definition) is 2. The third-order valence-electron chi connectivity index (χ3n) is 12.9. The van der Waals surface area contributed by atoms with Gasteiger partial charge in [0.05, 0.1) is 29.6 Å². The topological polar surface area (TPSA) is 131 Å². The molecule has 1 saturated carbocycles. The SMILES string of the molecule is CN(C(=O)C1(OC2CC2)CCN(c2cnnc(-c3ccccc3O)c2)CC1)C1CCN(CCC2CCN(c3ccc([C@H]4CCC(=O)NC4=O)cc3)CC2)CC1. The Kier molecular flexibility index (Phi) is 11.1. The number of rotatable bonds is 11. The molecule has 1 aromatic heterocycles. The maximum atomic E-state index is 14.3. The Hall–Kier alpha value is -4.55. The van der Waals surface area contributed by atoms with E-state index in [2.05, 4.69) is 54.5 Å². The number of piperidine rings is 4. The van der Waals surface area contributed by atoms with Crippen LogP contribution in [0.5, 0.6) is 5.75 Å². The van der Waals surface area contributed by atoms with Crippen LogP contribution in [0, 0.1) is 5.92 Å². The molecular formula is C43H55N7O5. The van der Waals surface area contributed by atoms with Gasteiger partial charge in [-0.15, -0.1) is 0 Å². The number of likely N-dealkylation sites (N-methyl/N-ethyl adjacent to an activating group) is 1. The molecule has 0 spiro atoms. The highest BCUT2D eigenvalue weighted by molar-refractivity contribution is 6.01. The van der Waals surface area contributed by atoms with Crippen LogP contribution >= 0.6 is 0 Å². The molecular weight excluding hydrogens is 695 g/mol. The van der Waals surface area contributed by atoms with E-state index < -0.39 is 5.60 Å². The van der Waals surface area contributed by atoms with E-state index in [0.717, 1.165) is 69.7 Å². The van der Waals surface area contributed by atoms with Gasteiger partial charge in [-0.25, -0.2) is 0 Å². The number of aromatic nitrogens is 2. The first-order valence-electron chi connectivity index (χ1n) is 20.5. The van der Waals surface area contributed by atoms with Crippen LogP contribution in [-0.4, -0.2) is 113 Å². The van der Waals surface area contributed by atoms with Crippen molar-refractivity contribution in [3.63, 3.8) is 0 Å². The molecule has 5 fully saturated rings. The lowest BCUT2D eigenvalue weighted by Crippen LogP contribution is -2.59. The average molecular weight is 750 g/mol. The summed E-state index contributed by atoms with van der Waals surface area (Å²) in [6, 6.07) is 17.7. The molecule has 8 rings (SSSR count). The summed E-state index contributed by atoms with van der Waals surface area (Å²) in [7, 11) is 1.99. The lowest BCUT2D eigenvalue weighted by molar-refractivity contribution is -0.165. The maximum Gasteiger partial charge on any atom is 0.254 e. The molecule has 5 aliphatic rings. The minimum absolute atomic E-state index is 0.137. The van der Waals surface area contributed by atoms with Crippen LogP contribution in [0.1, 0.15) is 82.1 Å². The first-order chi connectivity index (χ1) is 26.7. The molecule has 3 amide bonds. The van der Waals surface area contributed by atoms with Gasteiger partial charge in [0.25, 0.3) is 5.91 Å². The third kappa shape index (κ3) is 8.50. The second-order valence-corrected chi connectivity index (χ2v) is 16.4. The summed E-state index contributed by atoms with van der Waals surface area (Å²) in [4.78, 5) is 47.5. The van der Waals surface area contributed by atoms with E-state index in [1.165, 1.54) is 24.9 Å². The molecule has 1 aliphatic carbocycles. The average Bonchev–Trinajstić information content (AvgIpc) is 4.04. The van der Waals surface area contributed by atoms with Crippen LogP contribution in [0.25, 0.3) is 11.3 Å². The Labute approximate surface area is 324 Å². The minimum atomic E-state index is -0.797. The maximum absolute atomic E-state index is 14.3. The van der Waals surface area contributed by atoms with Gasteiger partial charge in [0.1, 0.15) is 5.75 Å². The zero-order valence-electron chi connectivity index (χ0n) is 32.1. The minimum Gasteiger partial charge on any atom is -0.507 e. The number of benzene rings is 2. The molecule has 2 aromatic carbocycles. The van der Waals surface area contributed by atoms with E-state index in [0.29, 0.717) is 55.9 Å². The Bertz CT molecular complexity index is 1830. The smallest absolute Gasteiger partial charge is 0.254 e. The molecule has 2 N–H and O–H groups in total. The fourth-order valence-electron chi connectivity index (χ4n) is 9.16. The van der Waals surface area contributed by atoms with Crippen molar-refractivity contribution in [3.8, 4) is 17.0 Å². The molecule has 3 aromatic rings. The van der Waals surface area contributed by atoms with Crippen LogP contribution in [0.4, 0.5) is 11.4 Å². The summed E-state index contributed by atoms with van der Waals surface area (Å²) in [6.07, 6.45) is 11.8.